The van der Waals surface area contributed by atoms with Crippen molar-refractivity contribution in [2.45, 2.75) is 105 Å². The highest BCUT2D eigenvalue weighted by Crippen LogP contribution is 2.57. The Hall–Kier alpha value is -1.55. The Kier molecular flexibility index (Phi) is 11.0. The summed E-state index contributed by atoms with van der Waals surface area (Å²) in [5.41, 5.74) is 1.10. The molecule has 0 aromatic heterocycles. The van der Waals surface area contributed by atoms with Crippen LogP contribution in [0.15, 0.2) is 34.9 Å². The Balaban J connectivity index is 2.41. The van der Waals surface area contributed by atoms with E-state index in [0.717, 1.165) is 11.1 Å². The Morgan fingerprint density at radius 2 is 1.66 bits per heavy atom. The molecular formula is C30H50O8. The molecule has 0 saturated heterocycles. The highest BCUT2D eigenvalue weighted by atomic mass is 16.4. The van der Waals surface area contributed by atoms with Gasteiger partial charge >= 0.3 is 5.97 Å². The van der Waals surface area contributed by atoms with E-state index < -0.39 is 53.9 Å². The smallest absolute Gasteiger partial charge is 0.330 e. The van der Waals surface area contributed by atoms with Crippen LogP contribution < -0.4 is 0 Å². The van der Waals surface area contributed by atoms with E-state index in [0.29, 0.717) is 0 Å². The highest BCUT2D eigenvalue weighted by Gasteiger charge is 2.58. The number of allylic oxidation sites excluding steroid dienone is 3. The van der Waals surface area contributed by atoms with Gasteiger partial charge in [-0.2, -0.15) is 0 Å². The summed E-state index contributed by atoms with van der Waals surface area (Å²) in [5.74, 6) is -2.84. The monoisotopic (exact) mass is 538 g/mol. The van der Waals surface area contributed by atoms with Crippen molar-refractivity contribution in [1.29, 1.82) is 0 Å². The summed E-state index contributed by atoms with van der Waals surface area (Å²) in [7, 11) is 0. The fraction of sp³-hybridized carbons (Fsp3) is 0.767. The van der Waals surface area contributed by atoms with Gasteiger partial charge in [-0.25, -0.2) is 4.79 Å². The molecule has 38 heavy (non-hydrogen) atoms. The lowest BCUT2D eigenvalue weighted by atomic mass is 9.49. The first-order chi connectivity index (χ1) is 17.4. The van der Waals surface area contributed by atoms with E-state index in [1.54, 1.807) is 13.0 Å². The van der Waals surface area contributed by atoms with Crippen LogP contribution in [-0.4, -0.2) is 78.3 Å². The van der Waals surface area contributed by atoms with Crippen molar-refractivity contribution in [3.8, 4) is 0 Å². The molecule has 8 nitrogen and oxygen atoms in total. The standard InChI is InChI=1S/C30H50O8/c1-14(2)25(33)18(6)22(32)12-20(31)10-9-15(3)23-17(5)13-30(8)24(21(23)11-16(4)29(37)38)19(7)26(34)27(35)28(30)36/h9,11,13-14,18-28,31-36H,10,12H2,1-8H3,(H,37,38)/b15-9+,16-11+/t18-,19+,20-,21-,22+,23+,24+,25-,26-,27-,28+,30-/m1/s1. The Morgan fingerprint density at radius 1 is 1.08 bits per heavy atom. The van der Waals surface area contributed by atoms with Crippen molar-refractivity contribution < 1.29 is 40.5 Å². The van der Waals surface area contributed by atoms with Gasteiger partial charge in [0.05, 0.1) is 30.5 Å². The predicted octanol–water partition coefficient (Wildman–Crippen LogP) is 2.67. The normalized spacial score (nSPS) is 37.8. The van der Waals surface area contributed by atoms with Gasteiger partial charge in [0, 0.05) is 22.8 Å². The van der Waals surface area contributed by atoms with Crippen molar-refractivity contribution in [2.24, 2.45) is 40.9 Å². The summed E-state index contributed by atoms with van der Waals surface area (Å²) in [4.78, 5) is 11.8. The lowest BCUT2D eigenvalue weighted by Gasteiger charge is -2.57. The number of hydrogen-bond donors (Lipinski definition) is 7. The topological polar surface area (TPSA) is 159 Å². The lowest BCUT2D eigenvalue weighted by Crippen LogP contribution is -2.63. The van der Waals surface area contributed by atoms with Crippen LogP contribution in [0, 0.1) is 40.9 Å². The second-order valence-electron chi connectivity index (χ2n) is 12.5. The number of aliphatic hydroxyl groups is 6. The molecule has 0 unspecified atom stereocenters. The number of aliphatic hydroxyl groups excluding tert-OH is 6. The van der Waals surface area contributed by atoms with Gasteiger partial charge in [-0.1, -0.05) is 64.0 Å². The van der Waals surface area contributed by atoms with Crippen LogP contribution in [0.1, 0.15) is 68.2 Å². The number of carboxylic acid groups (broad SMARTS) is 1. The molecule has 0 radical (unpaired) electrons. The Morgan fingerprint density at radius 3 is 2.18 bits per heavy atom. The molecule has 0 heterocycles. The van der Waals surface area contributed by atoms with Crippen LogP contribution in [-0.2, 0) is 4.79 Å². The molecule has 218 valence electrons. The van der Waals surface area contributed by atoms with E-state index in [1.807, 2.05) is 53.7 Å². The van der Waals surface area contributed by atoms with Gasteiger partial charge in [0.15, 0.2) is 0 Å². The predicted molar refractivity (Wildman–Crippen MR) is 146 cm³/mol. The maximum atomic E-state index is 11.8. The summed E-state index contributed by atoms with van der Waals surface area (Å²) in [6.07, 6.45) is -0.121. The van der Waals surface area contributed by atoms with E-state index in [1.165, 1.54) is 6.92 Å². The van der Waals surface area contributed by atoms with Crippen LogP contribution >= 0.6 is 0 Å². The second kappa shape index (κ2) is 12.7. The zero-order valence-electron chi connectivity index (χ0n) is 24.1. The molecule has 2 aliphatic carbocycles. The summed E-state index contributed by atoms with van der Waals surface area (Å²) in [6.45, 7) is 14.6. The minimum absolute atomic E-state index is 0.00902. The first-order valence-corrected chi connectivity index (χ1v) is 13.8. The first kappa shape index (κ1) is 32.7. The Labute approximate surface area is 227 Å². The molecule has 2 rings (SSSR count). The van der Waals surface area contributed by atoms with Crippen molar-refractivity contribution >= 4 is 5.97 Å². The van der Waals surface area contributed by atoms with Crippen LogP contribution in [0.3, 0.4) is 0 Å². The van der Waals surface area contributed by atoms with Crippen molar-refractivity contribution in [1.82, 2.24) is 0 Å². The third-order valence-corrected chi connectivity index (χ3v) is 9.29. The minimum atomic E-state index is -1.31. The van der Waals surface area contributed by atoms with Gasteiger partial charge in [0.25, 0.3) is 0 Å². The number of hydrogen-bond acceptors (Lipinski definition) is 7. The molecule has 0 aromatic carbocycles. The van der Waals surface area contributed by atoms with Gasteiger partial charge in [0.1, 0.15) is 6.10 Å². The highest BCUT2D eigenvalue weighted by molar-refractivity contribution is 5.85. The molecule has 0 amide bonds. The van der Waals surface area contributed by atoms with E-state index in [2.05, 4.69) is 0 Å². The summed E-state index contributed by atoms with van der Waals surface area (Å²) >= 11 is 0. The second-order valence-corrected chi connectivity index (χ2v) is 12.5. The largest absolute Gasteiger partial charge is 0.478 e. The molecule has 2 aliphatic rings. The molecule has 0 spiro atoms. The average Bonchev–Trinajstić information content (AvgIpc) is 2.83. The SMILES string of the molecule is CC1=C[C@]2(C)[C@@H]([C@H](C)[C@@H](O)[C@@H](O)[C@@H]2O)[C@H](/C=C(\C)C(=O)O)[C@H]1/C(C)=C/C[C@@H](O)C[C@H](O)[C@@H](C)[C@H](O)C(C)C. The number of carboxylic acids is 1. The van der Waals surface area contributed by atoms with Gasteiger partial charge in [-0.15, -0.1) is 0 Å². The fourth-order valence-electron chi connectivity index (χ4n) is 6.98. The molecule has 7 N–H and O–H groups in total. The van der Waals surface area contributed by atoms with Crippen molar-refractivity contribution in [2.75, 3.05) is 0 Å². The molecular weight excluding hydrogens is 488 g/mol. The summed E-state index contributed by atoms with van der Waals surface area (Å²) < 4.78 is 0. The van der Waals surface area contributed by atoms with Crippen LogP contribution in [0.5, 0.6) is 0 Å². The number of rotatable bonds is 10. The van der Waals surface area contributed by atoms with Crippen molar-refractivity contribution in [3.63, 3.8) is 0 Å². The minimum Gasteiger partial charge on any atom is -0.478 e. The van der Waals surface area contributed by atoms with E-state index in [-0.39, 0.29) is 48.0 Å². The van der Waals surface area contributed by atoms with Gasteiger partial charge < -0.3 is 35.7 Å². The summed E-state index contributed by atoms with van der Waals surface area (Å²) in [6, 6.07) is 0. The number of carbonyl (C=O) groups is 1. The van der Waals surface area contributed by atoms with Gasteiger partial charge in [-0.05, 0) is 57.3 Å². The molecule has 1 saturated carbocycles. The zero-order valence-corrected chi connectivity index (χ0v) is 24.1. The van der Waals surface area contributed by atoms with E-state index in [9.17, 15) is 40.5 Å². The number of fused-ring (bicyclic) bond motifs is 1. The van der Waals surface area contributed by atoms with E-state index in [4.69, 9.17) is 0 Å². The summed E-state index contributed by atoms with van der Waals surface area (Å²) in [5, 5.41) is 73.4. The van der Waals surface area contributed by atoms with Crippen molar-refractivity contribution in [3.05, 3.63) is 34.9 Å². The lowest BCUT2D eigenvalue weighted by molar-refractivity contribution is -0.187. The van der Waals surface area contributed by atoms with Gasteiger partial charge in [0.2, 0.25) is 0 Å². The van der Waals surface area contributed by atoms with Crippen LogP contribution in [0.2, 0.25) is 0 Å². The third-order valence-electron chi connectivity index (χ3n) is 9.29. The molecule has 0 aliphatic heterocycles. The van der Waals surface area contributed by atoms with E-state index >= 15 is 0 Å². The first-order valence-electron chi connectivity index (χ1n) is 13.8. The maximum absolute atomic E-state index is 11.8. The molecule has 12 atom stereocenters. The molecule has 8 heteroatoms. The molecule has 1 fully saturated rings. The third kappa shape index (κ3) is 6.60. The fourth-order valence-corrected chi connectivity index (χ4v) is 6.98. The van der Waals surface area contributed by atoms with Crippen LogP contribution in [0.4, 0.5) is 0 Å². The number of aliphatic carboxylic acids is 1. The maximum Gasteiger partial charge on any atom is 0.330 e. The zero-order chi connectivity index (χ0) is 29.3. The van der Waals surface area contributed by atoms with Crippen LogP contribution in [0.25, 0.3) is 0 Å². The molecule has 0 bridgehead atoms. The average molecular weight is 539 g/mol. The van der Waals surface area contributed by atoms with Gasteiger partial charge in [-0.3, -0.25) is 0 Å². The Bertz CT molecular complexity index is 923. The molecule has 0 aromatic rings. The quantitative estimate of drug-likeness (QED) is 0.165.